The van der Waals surface area contributed by atoms with Crippen molar-refractivity contribution in [3.63, 3.8) is 0 Å². The van der Waals surface area contributed by atoms with Gasteiger partial charge < -0.3 is 5.32 Å². The highest BCUT2D eigenvalue weighted by Gasteiger charge is 2.21. The first-order chi connectivity index (χ1) is 8.64. The molecule has 0 aliphatic rings. The quantitative estimate of drug-likeness (QED) is 0.807. The third kappa shape index (κ3) is 4.10. The second-order valence-corrected chi connectivity index (χ2v) is 8.56. The van der Waals surface area contributed by atoms with E-state index in [1.807, 2.05) is 0 Å². The number of primary sulfonamides is 1. The molecular weight excluding hydrogens is 308 g/mol. The number of carbonyl (C=O) groups excluding carboxylic acids is 1. The monoisotopic (exact) mass is 324 g/mol. The molecule has 0 aromatic carbocycles. The number of carbonyl (C=O) groups is 1. The van der Waals surface area contributed by atoms with Gasteiger partial charge in [-0.05, 0) is 19.4 Å². The molecule has 0 spiro atoms. The minimum atomic E-state index is -3.80. The third-order valence-corrected chi connectivity index (χ3v) is 6.60. The predicted octanol–water partition coefficient (Wildman–Crippen LogP) is 0.201. The van der Waals surface area contributed by atoms with E-state index in [-0.39, 0.29) is 27.5 Å². The van der Waals surface area contributed by atoms with Crippen molar-refractivity contribution in [2.24, 2.45) is 5.14 Å². The van der Waals surface area contributed by atoms with Crippen molar-refractivity contribution >= 4 is 38.1 Å². The van der Waals surface area contributed by atoms with Gasteiger partial charge in [0, 0.05) is 34.2 Å². The Morgan fingerprint density at radius 2 is 2.16 bits per heavy atom. The van der Waals surface area contributed by atoms with Crippen LogP contribution in [0.25, 0.3) is 0 Å². The van der Waals surface area contributed by atoms with Gasteiger partial charge >= 0.3 is 0 Å². The van der Waals surface area contributed by atoms with Gasteiger partial charge in [0.05, 0.1) is 5.56 Å². The number of hydrogen-bond donors (Lipinski definition) is 2. The first kappa shape index (κ1) is 16.3. The van der Waals surface area contributed by atoms with Crippen LogP contribution >= 0.6 is 11.3 Å². The molecule has 19 heavy (non-hydrogen) atoms. The fraction of sp³-hybridized carbons (Fsp3) is 0.500. The summed E-state index contributed by atoms with van der Waals surface area (Å²) >= 11 is 0.918. The number of amides is 1. The Balaban J connectivity index is 2.85. The summed E-state index contributed by atoms with van der Waals surface area (Å²) in [5, 5.41) is 8.96. The number of thiophene rings is 1. The Bertz CT molecular complexity index is 606. The molecule has 6 nitrogen and oxygen atoms in total. The Morgan fingerprint density at radius 1 is 1.58 bits per heavy atom. The van der Waals surface area contributed by atoms with E-state index < -0.39 is 20.8 Å². The van der Waals surface area contributed by atoms with Crippen LogP contribution in [0.3, 0.4) is 0 Å². The van der Waals surface area contributed by atoms with E-state index in [9.17, 15) is 17.4 Å². The maximum absolute atomic E-state index is 11.9. The zero-order valence-corrected chi connectivity index (χ0v) is 13.2. The molecular formula is C10H16N2O4S3. The van der Waals surface area contributed by atoms with Crippen LogP contribution in [0.1, 0.15) is 22.8 Å². The SMILES string of the molecule is Cc1c(C(=O)NCC(C)S(C)=O)csc1S(N)(=O)=O. The van der Waals surface area contributed by atoms with Crippen molar-refractivity contribution in [2.75, 3.05) is 12.8 Å². The normalized spacial score (nSPS) is 14.9. The van der Waals surface area contributed by atoms with E-state index in [0.717, 1.165) is 11.3 Å². The van der Waals surface area contributed by atoms with Crippen molar-refractivity contribution < 1.29 is 17.4 Å². The maximum atomic E-state index is 11.9. The number of nitrogens with two attached hydrogens (primary N) is 1. The molecule has 0 aliphatic heterocycles. The highest BCUT2D eigenvalue weighted by Crippen LogP contribution is 2.25. The first-order valence-electron chi connectivity index (χ1n) is 5.36. The maximum Gasteiger partial charge on any atom is 0.252 e. The molecule has 0 saturated carbocycles. The highest BCUT2D eigenvalue weighted by atomic mass is 32.2. The Morgan fingerprint density at radius 3 is 2.58 bits per heavy atom. The lowest BCUT2D eigenvalue weighted by Crippen LogP contribution is -2.32. The molecule has 2 unspecified atom stereocenters. The van der Waals surface area contributed by atoms with Gasteiger partial charge in [-0.15, -0.1) is 11.3 Å². The Hall–Kier alpha value is -0.770. The molecule has 0 radical (unpaired) electrons. The number of hydrogen-bond acceptors (Lipinski definition) is 5. The second kappa shape index (κ2) is 6.12. The van der Waals surface area contributed by atoms with Crippen LogP contribution in [0.5, 0.6) is 0 Å². The van der Waals surface area contributed by atoms with Crippen molar-refractivity contribution in [3.05, 3.63) is 16.5 Å². The highest BCUT2D eigenvalue weighted by molar-refractivity contribution is 7.91. The summed E-state index contributed by atoms with van der Waals surface area (Å²) in [4.78, 5) is 11.9. The van der Waals surface area contributed by atoms with Crippen molar-refractivity contribution in [3.8, 4) is 0 Å². The van der Waals surface area contributed by atoms with E-state index in [1.165, 1.54) is 12.3 Å². The third-order valence-electron chi connectivity index (χ3n) is 2.61. The fourth-order valence-corrected chi connectivity index (χ4v) is 3.68. The summed E-state index contributed by atoms with van der Waals surface area (Å²) in [6, 6.07) is 0. The lowest BCUT2D eigenvalue weighted by molar-refractivity contribution is 0.0954. The topological polar surface area (TPSA) is 106 Å². The molecule has 9 heteroatoms. The largest absolute Gasteiger partial charge is 0.351 e. The van der Waals surface area contributed by atoms with Gasteiger partial charge in [-0.3, -0.25) is 9.00 Å². The van der Waals surface area contributed by atoms with Gasteiger partial charge in [0.1, 0.15) is 4.21 Å². The minimum absolute atomic E-state index is 0.00948. The lowest BCUT2D eigenvalue weighted by atomic mass is 10.2. The summed E-state index contributed by atoms with van der Waals surface area (Å²) in [5.41, 5.74) is 0.624. The number of sulfonamides is 1. The molecule has 0 fully saturated rings. The average Bonchev–Trinajstić information content (AvgIpc) is 2.66. The standard InChI is InChI=1S/C10H16N2O4S3/c1-6(18(3)14)4-12-9(13)8-5-17-10(7(8)2)19(11,15)16/h5-6H,4H2,1-3H3,(H,12,13)(H2,11,15,16). The predicted molar refractivity (Wildman–Crippen MR) is 76.3 cm³/mol. The van der Waals surface area contributed by atoms with Gasteiger partial charge in [-0.2, -0.15) is 0 Å². The average molecular weight is 324 g/mol. The summed E-state index contributed by atoms with van der Waals surface area (Å²) in [6.07, 6.45) is 1.56. The molecule has 1 heterocycles. The van der Waals surface area contributed by atoms with Gasteiger partial charge in [0.2, 0.25) is 10.0 Å². The molecule has 0 bridgehead atoms. The molecule has 0 aliphatic carbocycles. The van der Waals surface area contributed by atoms with E-state index in [0.29, 0.717) is 5.56 Å². The van der Waals surface area contributed by atoms with Crippen molar-refractivity contribution in [1.82, 2.24) is 5.32 Å². The van der Waals surface area contributed by atoms with E-state index in [4.69, 9.17) is 5.14 Å². The molecule has 1 aromatic rings. The van der Waals surface area contributed by atoms with Crippen LogP contribution in [-0.4, -0.2) is 36.6 Å². The van der Waals surface area contributed by atoms with Gasteiger partial charge in [-0.25, -0.2) is 13.6 Å². The van der Waals surface area contributed by atoms with Crippen LogP contribution in [0, 0.1) is 6.92 Å². The summed E-state index contributed by atoms with van der Waals surface area (Å²) in [5.74, 6) is -0.388. The zero-order valence-electron chi connectivity index (χ0n) is 10.8. The van der Waals surface area contributed by atoms with Gasteiger partial charge in [-0.1, -0.05) is 0 Å². The van der Waals surface area contributed by atoms with Crippen LogP contribution in [-0.2, 0) is 20.8 Å². The summed E-state index contributed by atoms with van der Waals surface area (Å²) in [6.45, 7) is 3.56. The lowest BCUT2D eigenvalue weighted by Gasteiger charge is -2.09. The van der Waals surface area contributed by atoms with Crippen LogP contribution in [0.15, 0.2) is 9.59 Å². The van der Waals surface area contributed by atoms with E-state index in [2.05, 4.69) is 5.32 Å². The molecule has 3 N–H and O–H groups in total. The first-order valence-corrected chi connectivity index (χ1v) is 9.40. The summed E-state index contributed by atoms with van der Waals surface area (Å²) < 4.78 is 33.7. The fourth-order valence-electron chi connectivity index (χ4n) is 1.35. The molecule has 108 valence electrons. The number of rotatable bonds is 5. The van der Waals surface area contributed by atoms with Crippen LogP contribution in [0.2, 0.25) is 0 Å². The Kier molecular flexibility index (Phi) is 5.25. The van der Waals surface area contributed by atoms with Crippen molar-refractivity contribution in [1.29, 1.82) is 0 Å². The van der Waals surface area contributed by atoms with Crippen molar-refractivity contribution in [2.45, 2.75) is 23.3 Å². The van der Waals surface area contributed by atoms with Crippen LogP contribution < -0.4 is 10.5 Å². The zero-order chi connectivity index (χ0) is 14.8. The van der Waals surface area contributed by atoms with E-state index in [1.54, 1.807) is 13.2 Å². The molecule has 0 saturated heterocycles. The molecule has 1 rings (SSSR count). The summed E-state index contributed by atoms with van der Waals surface area (Å²) in [7, 11) is -4.83. The molecule has 1 amide bonds. The molecule has 2 atom stereocenters. The van der Waals surface area contributed by atoms with Crippen LogP contribution in [0.4, 0.5) is 0 Å². The second-order valence-electron chi connectivity index (χ2n) is 4.13. The number of nitrogens with one attached hydrogen (secondary N) is 1. The minimum Gasteiger partial charge on any atom is -0.351 e. The Labute approximate surface area is 118 Å². The smallest absolute Gasteiger partial charge is 0.252 e. The van der Waals surface area contributed by atoms with Gasteiger partial charge in [0.15, 0.2) is 0 Å². The van der Waals surface area contributed by atoms with E-state index >= 15 is 0 Å². The van der Waals surface area contributed by atoms with Gasteiger partial charge in [0.25, 0.3) is 5.91 Å². The molecule has 1 aromatic heterocycles.